The Hall–Kier alpha value is -2.05. The fraction of sp³-hybridized carbons (Fsp3) is 0.238. The van der Waals surface area contributed by atoms with E-state index in [1.807, 2.05) is 0 Å². The van der Waals surface area contributed by atoms with Gasteiger partial charge in [0.2, 0.25) is 0 Å². The zero-order chi connectivity index (χ0) is 32.4. The van der Waals surface area contributed by atoms with E-state index < -0.39 is 0 Å². The average molecular weight is 724 g/mol. The van der Waals surface area contributed by atoms with Crippen molar-refractivity contribution < 1.29 is 133 Å². The van der Waals surface area contributed by atoms with Crippen molar-refractivity contribution in [1.82, 2.24) is 0 Å². The standard InChI is InChI=1S/C9H12O2.12CO.4Co/c10-8-6-4-2-1-3-5-7-9-11;12*1-2;;;;/h10-11H,1-3,8-9H2;;;;;;;;;;;;;;;;. The van der Waals surface area contributed by atoms with Crippen molar-refractivity contribution in [3.8, 4) is 23.7 Å². The monoisotopic (exact) mass is 724 g/mol. The predicted octanol–water partition coefficient (Wildman–Crippen LogP) is -0.312. The Morgan fingerprint density at radius 3 is 0.538 bits per heavy atom. The summed E-state index contributed by atoms with van der Waals surface area (Å²) in [6.45, 7) is 53.9. The van der Waals surface area contributed by atoms with Gasteiger partial charge in [-0.15, -0.1) is 11.8 Å². The minimum atomic E-state index is -0.0671. The maximum absolute atomic E-state index is 8.27. The molecule has 4 radical (unpaired) electrons. The van der Waals surface area contributed by atoms with Crippen molar-refractivity contribution in [2.24, 2.45) is 0 Å². The molecular weight excluding hydrogens is 712 g/mol. The Morgan fingerprint density at radius 2 is 0.436 bits per heavy atom. The second-order valence-electron chi connectivity index (χ2n) is 1.88. The number of hydrogen-bond acceptors (Lipinski definition) is 2. The second-order valence-corrected chi connectivity index (χ2v) is 1.88. The molecule has 0 unspecified atom stereocenters. The van der Waals surface area contributed by atoms with Crippen LogP contribution in [0.25, 0.3) is 0 Å². The van der Waals surface area contributed by atoms with Crippen molar-refractivity contribution in [3.05, 3.63) is 79.8 Å². The summed E-state index contributed by atoms with van der Waals surface area (Å²) in [7, 11) is 0. The summed E-state index contributed by atoms with van der Waals surface area (Å²) in [5, 5.41) is 16.5. The number of unbranched alkanes of at least 4 members (excludes halogenated alkanes) is 2. The van der Waals surface area contributed by atoms with E-state index in [1.54, 1.807) is 0 Å². The molecule has 0 bridgehead atoms. The Balaban J connectivity index is -0.00000000999. The summed E-state index contributed by atoms with van der Waals surface area (Å²) >= 11 is 0. The first-order chi connectivity index (χ1) is 17.4. The minimum Gasteiger partial charge on any atom is 0 e. The van der Waals surface area contributed by atoms with Crippen LogP contribution in [0.4, 0.5) is 0 Å². The van der Waals surface area contributed by atoms with Crippen LogP contribution in [0, 0.1) is 103 Å². The van der Waals surface area contributed by atoms with Gasteiger partial charge in [-0.2, -0.15) is 0 Å². The quantitative estimate of drug-likeness (QED) is 0.168. The predicted molar refractivity (Wildman–Crippen MR) is 90.7 cm³/mol. The van der Waals surface area contributed by atoms with Crippen molar-refractivity contribution in [1.29, 1.82) is 0 Å². The first kappa shape index (κ1) is 120. The van der Waals surface area contributed by atoms with Gasteiger partial charge in [-0.25, -0.2) is 0 Å². The molecule has 0 aliphatic heterocycles. The molecule has 0 atom stereocenters. The van der Waals surface area contributed by atoms with Crippen LogP contribution in [0.2, 0.25) is 0 Å². The molecule has 0 aromatic carbocycles. The van der Waals surface area contributed by atoms with E-state index in [2.05, 4.69) is 103 Å². The summed E-state index contributed by atoms with van der Waals surface area (Å²) in [6.07, 6.45) is 2.43. The van der Waals surface area contributed by atoms with Gasteiger partial charge in [0.05, 0.1) is 0 Å². The van der Waals surface area contributed by atoms with Crippen LogP contribution < -0.4 is 0 Å². The summed E-state index contributed by atoms with van der Waals surface area (Å²) in [5.74, 6) is 10.7. The fourth-order valence-electron chi connectivity index (χ4n) is 0.554. The number of rotatable bonds is 2. The minimum absolute atomic E-state index is 0. The van der Waals surface area contributed by atoms with Gasteiger partial charge in [-0.1, -0.05) is 11.8 Å². The van der Waals surface area contributed by atoms with Crippen LogP contribution in [-0.2, 0) is 123 Å². The van der Waals surface area contributed by atoms with E-state index in [1.165, 1.54) is 0 Å². The number of hydrogen-bond donors (Lipinski definition) is 2. The summed E-state index contributed by atoms with van der Waals surface area (Å²) < 4.78 is 90.0. The zero-order valence-corrected chi connectivity index (χ0v) is 22.8. The molecule has 0 saturated heterocycles. The third-order valence-electron chi connectivity index (χ3n) is 1.01. The fourth-order valence-corrected chi connectivity index (χ4v) is 0.554. The largest absolute Gasteiger partial charge is 0 e. The van der Waals surface area contributed by atoms with Gasteiger partial charge < -0.3 is 10.2 Å². The van der Waals surface area contributed by atoms with Crippen LogP contribution >= 0.6 is 0 Å². The normalized spacial score (nSPS) is 2.72. The summed E-state index contributed by atoms with van der Waals surface area (Å²) in [5.41, 5.74) is 0. The van der Waals surface area contributed by atoms with Gasteiger partial charge in [0.1, 0.15) is 13.2 Å². The second kappa shape index (κ2) is 910. The third kappa shape index (κ3) is 1170. The topological polar surface area (TPSA) is 279 Å². The molecule has 0 heterocycles. The molecule has 0 spiro atoms. The summed E-state index contributed by atoms with van der Waals surface area (Å²) in [4.78, 5) is 0. The first-order valence-corrected chi connectivity index (χ1v) is 6.00. The molecule has 0 rings (SSSR count). The van der Waals surface area contributed by atoms with E-state index in [-0.39, 0.29) is 80.3 Å². The number of aliphatic hydroxyl groups excluding tert-OH is 2. The third-order valence-corrected chi connectivity index (χ3v) is 1.01. The molecule has 216 valence electrons. The Bertz CT molecular complexity index is 510. The van der Waals surface area contributed by atoms with Crippen molar-refractivity contribution in [3.63, 3.8) is 0 Å². The summed E-state index contributed by atoms with van der Waals surface area (Å²) in [6, 6.07) is 0. The molecule has 18 heteroatoms. The SMILES string of the molecule is OCC#CCCCC#CCO.[C-]#[O+].[C-]#[O+].[C-]#[O+].[C-]#[O+].[C-]#[O+].[C-]#[O+].[C-]#[O+].[C-]#[O+].[C-]#[O+].[C-]#[O+].[C-]#[O+].[C-]#[O+].[Co].[Co].[Co].[Co]. The van der Waals surface area contributed by atoms with Crippen LogP contribution in [0.1, 0.15) is 19.3 Å². The molecule has 14 nitrogen and oxygen atoms in total. The average Bonchev–Trinajstić information content (AvgIpc) is 3.05. The van der Waals surface area contributed by atoms with E-state index >= 15 is 0 Å². The maximum atomic E-state index is 8.27. The van der Waals surface area contributed by atoms with E-state index in [4.69, 9.17) is 66.0 Å². The van der Waals surface area contributed by atoms with Crippen molar-refractivity contribution in [2.75, 3.05) is 13.2 Å². The van der Waals surface area contributed by atoms with Gasteiger partial charge >= 0.3 is 136 Å². The van der Waals surface area contributed by atoms with Crippen LogP contribution in [-0.4, -0.2) is 23.4 Å². The van der Waals surface area contributed by atoms with Crippen LogP contribution in [0.3, 0.4) is 0 Å². The van der Waals surface area contributed by atoms with Gasteiger partial charge in [-0.3, -0.25) is 0 Å². The Morgan fingerprint density at radius 1 is 0.308 bits per heavy atom. The Labute approximate surface area is 268 Å². The van der Waals surface area contributed by atoms with Gasteiger partial charge in [0.25, 0.3) is 0 Å². The molecule has 0 fully saturated rings. The van der Waals surface area contributed by atoms with Gasteiger partial charge in [-0.05, 0) is 6.42 Å². The molecule has 0 saturated carbocycles. The van der Waals surface area contributed by atoms with Gasteiger partial charge in [0.15, 0.2) is 0 Å². The molecule has 0 aliphatic carbocycles. The molecule has 2 N–H and O–H groups in total. The van der Waals surface area contributed by atoms with Gasteiger partial charge in [0, 0.05) is 80.0 Å². The molecule has 0 aromatic heterocycles. The smallest absolute Gasteiger partial charge is 0 e. The molecular formula is C21H12Co4O14. The molecule has 0 aliphatic rings. The molecule has 0 amide bonds. The van der Waals surface area contributed by atoms with Crippen molar-refractivity contribution in [2.45, 2.75) is 19.3 Å². The maximum Gasteiger partial charge on any atom is 0 e. The van der Waals surface area contributed by atoms with Crippen LogP contribution in [0.5, 0.6) is 0 Å². The van der Waals surface area contributed by atoms with Crippen LogP contribution in [0.15, 0.2) is 0 Å². The van der Waals surface area contributed by atoms with E-state index in [0.717, 1.165) is 19.3 Å². The van der Waals surface area contributed by atoms with Crippen molar-refractivity contribution >= 4 is 0 Å². The Kier molecular flexibility index (Phi) is 2800. The zero-order valence-electron chi connectivity index (χ0n) is 18.7. The molecule has 0 aromatic rings. The van der Waals surface area contributed by atoms with E-state index in [0.29, 0.717) is 0 Å². The first-order valence-electron chi connectivity index (χ1n) is 6.00. The molecule has 39 heavy (non-hydrogen) atoms. The number of aliphatic hydroxyl groups is 2. The van der Waals surface area contributed by atoms with E-state index in [9.17, 15) is 0 Å².